The lowest BCUT2D eigenvalue weighted by Gasteiger charge is -2.04. The summed E-state index contributed by atoms with van der Waals surface area (Å²) in [5.74, 6) is 0. The summed E-state index contributed by atoms with van der Waals surface area (Å²) >= 11 is 4.69. The van der Waals surface area contributed by atoms with E-state index in [1.807, 2.05) is 0 Å². The van der Waals surface area contributed by atoms with Gasteiger partial charge < -0.3 is 0 Å². The Labute approximate surface area is 61.7 Å². The summed E-state index contributed by atoms with van der Waals surface area (Å²) in [5, 5.41) is -3.30. The quantitative estimate of drug-likeness (QED) is 0.580. The Bertz CT molecular complexity index is 207. The van der Waals surface area contributed by atoms with Crippen molar-refractivity contribution in [2.75, 3.05) is 0 Å². The van der Waals surface area contributed by atoms with Gasteiger partial charge >= 0.3 is 5.38 Å². The molecule has 0 saturated heterocycles. The van der Waals surface area contributed by atoms with Gasteiger partial charge in [-0.1, -0.05) is 0 Å². The minimum Gasteiger partial charge on any atom is -0.264 e. The van der Waals surface area contributed by atoms with Crippen LogP contribution in [0.25, 0.3) is 0 Å². The minimum atomic E-state index is -3.30. The topological polar surface area (TPSA) is 12.9 Å². The van der Waals surface area contributed by atoms with E-state index in [0.717, 1.165) is 6.20 Å². The first-order valence-electron chi connectivity index (χ1n) is 2.58. The number of nitrogens with zero attached hydrogens (tertiary/aromatic N) is 1. The minimum absolute atomic E-state index is 0.281. The predicted molar refractivity (Wildman–Crippen MR) is 34.0 cm³/mol. The normalized spacial score (nSPS) is 11.5. The molecule has 0 bridgehead atoms. The Hall–Kier alpha value is -0.700. The Morgan fingerprint density at radius 2 is 2.20 bits per heavy atom. The van der Waals surface area contributed by atoms with E-state index in [1.54, 1.807) is 0 Å². The molecule has 0 amide bonds. The highest BCUT2D eigenvalue weighted by atomic mass is 35.5. The molecule has 1 heterocycles. The molecule has 0 fully saturated rings. The standard InChI is InChI=1S/C6H4ClF2N/c7-6(8,9)5-2-1-3-10-4-5/h1-4H. The smallest absolute Gasteiger partial charge is 0.264 e. The number of hydrogen-bond donors (Lipinski definition) is 0. The lowest BCUT2D eigenvalue weighted by atomic mass is 10.3. The van der Waals surface area contributed by atoms with Crippen molar-refractivity contribution in [3.05, 3.63) is 30.1 Å². The van der Waals surface area contributed by atoms with Gasteiger partial charge in [0.2, 0.25) is 0 Å². The molecule has 1 aromatic heterocycles. The average molecular weight is 164 g/mol. The lowest BCUT2D eigenvalue weighted by Crippen LogP contribution is -2.02. The van der Waals surface area contributed by atoms with Gasteiger partial charge in [-0.15, -0.1) is 0 Å². The van der Waals surface area contributed by atoms with Gasteiger partial charge in [0.15, 0.2) is 0 Å². The van der Waals surface area contributed by atoms with E-state index in [9.17, 15) is 8.78 Å². The van der Waals surface area contributed by atoms with Crippen molar-refractivity contribution in [2.45, 2.75) is 5.38 Å². The van der Waals surface area contributed by atoms with Gasteiger partial charge in [-0.2, -0.15) is 8.78 Å². The Morgan fingerprint density at radius 1 is 1.50 bits per heavy atom. The molecule has 1 aromatic rings. The van der Waals surface area contributed by atoms with Gasteiger partial charge in [0, 0.05) is 12.4 Å². The van der Waals surface area contributed by atoms with E-state index in [4.69, 9.17) is 0 Å². The largest absolute Gasteiger partial charge is 0.349 e. The van der Waals surface area contributed by atoms with Crippen molar-refractivity contribution in [3.63, 3.8) is 0 Å². The van der Waals surface area contributed by atoms with Gasteiger partial charge in [0.05, 0.1) is 5.56 Å². The molecule has 0 radical (unpaired) electrons. The zero-order valence-electron chi connectivity index (χ0n) is 4.89. The van der Waals surface area contributed by atoms with Crippen LogP contribution < -0.4 is 0 Å². The van der Waals surface area contributed by atoms with Crippen LogP contribution in [-0.4, -0.2) is 4.98 Å². The third-order valence-electron chi connectivity index (χ3n) is 0.989. The van der Waals surface area contributed by atoms with E-state index in [0.29, 0.717) is 0 Å². The first kappa shape index (κ1) is 7.41. The van der Waals surface area contributed by atoms with Crippen LogP contribution >= 0.6 is 11.6 Å². The van der Waals surface area contributed by atoms with Crippen molar-refractivity contribution in [1.82, 2.24) is 4.98 Å². The van der Waals surface area contributed by atoms with Crippen molar-refractivity contribution in [3.8, 4) is 0 Å². The highest BCUT2D eigenvalue weighted by molar-refractivity contribution is 6.21. The van der Waals surface area contributed by atoms with Crippen LogP contribution in [0.15, 0.2) is 24.5 Å². The molecule has 0 aromatic carbocycles. The monoisotopic (exact) mass is 163 g/mol. The number of hydrogen-bond acceptors (Lipinski definition) is 1. The van der Waals surface area contributed by atoms with Gasteiger partial charge in [-0.3, -0.25) is 4.98 Å². The molecular formula is C6H4ClF2N. The summed E-state index contributed by atoms with van der Waals surface area (Å²) in [5.41, 5.74) is -0.281. The van der Waals surface area contributed by atoms with Crippen molar-refractivity contribution in [1.29, 1.82) is 0 Å². The first-order valence-corrected chi connectivity index (χ1v) is 2.96. The summed E-state index contributed by atoms with van der Waals surface area (Å²) in [6.07, 6.45) is 2.44. The second kappa shape index (κ2) is 2.50. The molecule has 4 heteroatoms. The zero-order valence-corrected chi connectivity index (χ0v) is 5.65. The predicted octanol–water partition coefficient (Wildman–Crippen LogP) is 2.37. The fourth-order valence-electron chi connectivity index (χ4n) is 0.530. The lowest BCUT2D eigenvalue weighted by molar-refractivity contribution is 0.0947. The molecule has 0 atom stereocenters. The van der Waals surface area contributed by atoms with Gasteiger partial charge in [0.1, 0.15) is 0 Å². The van der Waals surface area contributed by atoms with E-state index >= 15 is 0 Å². The van der Waals surface area contributed by atoms with Crippen molar-refractivity contribution < 1.29 is 8.78 Å². The van der Waals surface area contributed by atoms with Crippen LogP contribution in [0.2, 0.25) is 0 Å². The highest BCUT2D eigenvalue weighted by Gasteiger charge is 2.27. The van der Waals surface area contributed by atoms with Crippen LogP contribution in [-0.2, 0) is 5.38 Å². The van der Waals surface area contributed by atoms with Gasteiger partial charge in [-0.25, -0.2) is 0 Å². The second-order valence-corrected chi connectivity index (χ2v) is 2.21. The molecule has 10 heavy (non-hydrogen) atoms. The number of alkyl halides is 3. The summed E-state index contributed by atoms with van der Waals surface area (Å²) in [7, 11) is 0. The number of aromatic nitrogens is 1. The average Bonchev–Trinajstić information content (AvgIpc) is 1.88. The van der Waals surface area contributed by atoms with Crippen molar-refractivity contribution in [2.24, 2.45) is 0 Å². The van der Waals surface area contributed by atoms with Gasteiger partial charge in [-0.05, 0) is 23.7 Å². The summed E-state index contributed by atoms with van der Waals surface area (Å²) in [6.45, 7) is 0. The fraction of sp³-hybridized carbons (Fsp3) is 0.167. The van der Waals surface area contributed by atoms with Crippen molar-refractivity contribution >= 4 is 11.6 Å². The maximum absolute atomic E-state index is 12.2. The molecule has 1 rings (SSSR count). The summed E-state index contributed by atoms with van der Waals surface area (Å²) < 4.78 is 24.4. The molecule has 0 saturated carbocycles. The maximum atomic E-state index is 12.2. The van der Waals surface area contributed by atoms with E-state index in [1.165, 1.54) is 18.3 Å². The molecule has 0 spiro atoms. The number of halogens is 3. The zero-order chi connectivity index (χ0) is 7.61. The Balaban J connectivity index is 2.97. The van der Waals surface area contributed by atoms with Crippen LogP contribution in [0.4, 0.5) is 8.78 Å². The SMILES string of the molecule is FC(F)(Cl)c1cccnc1. The molecular weight excluding hydrogens is 160 g/mol. The Kier molecular flexibility index (Phi) is 1.85. The maximum Gasteiger partial charge on any atom is 0.349 e. The molecule has 1 nitrogen and oxygen atoms in total. The molecule has 54 valence electrons. The fourth-order valence-corrected chi connectivity index (χ4v) is 0.642. The van der Waals surface area contributed by atoms with Gasteiger partial charge in [0.25, 0.3) is 0 Å². The Morgan fingerprint density at radius 3 is 2.50 bits per heavy atom. The van der Waals surface area contributed by atoms with E-state index in [-0.39, 0.29) is 5.56 Å². The van der Waals surface area contributed by atoms with Crippen LogP contribution in [0.1, 0.15) is 5.56 Å². The molecule has 0 aliphatic carbocycles. The van der Waals surface area contributed by atoms with Crippen LogP contribution in [0.3, 0.4) is 0 Å². The third-order valence-corrected chi connectivity index (χ3v) is 1.21. The van der Waals surface area contributed by atoms with Crippen LogP contribution in [0, 0.1) is 0 Å². The molecule has 0 N–H and O–H groups in total. The van der Waals surface area contributed by atoms with Crippen LogP contribution in [0.5, 0.6) is 0 Å². The van der Waals surface area contributed by atoms with E-state index in [2.05, 4.69) is 16.6 Å². The third kappa shape index (κ3) is 1.64. The summed E-state index contributed by atoms with van der Waals surface area (Å²) in [6, 6.07) is 2.63. The number of rotatable bonds is 1. The highest BCUT2D eigenvalue weighted by Crippen LogP contribution is 2.30. The number of pyridine rings is 1. The molecule has 0 unspecified atom stereocenters. The van der Waals surface area contributed by atoms with E-state index < -0.39 is 5.38 Å². The second-order valence-electron chi connectivity index (χ2n) is 1.74. The summed E-state index contributed by atoms with van der Waals surface area (Å²) in [4.78, 5) is 3.49. The first-order chi connectivity index (χ1) is 4.61. The molecule has 0 aliphatic heterocycles. The molecule has 0 aliphatic rings.